The average molecular weight is 193 g/mol. The minimum absolute atomic E-state index is 1.13. The molecule has 0 aliphatic carbocycles. The minimum Gasteiger partial charge on any atom is -0.347 e. The molecule has 2 heterocycles. The van der Waals surface area contributed by atoms with E-state index in [2.05, 4.69) is 39.6 Å². The molecule has 2 rings (SSSR count). The molecule has 0 atom stereocenters. The zero-order valence-electron chi connectivity index (χ0n) is 10.0. The van der Waals surface area contributed by atoms with E-state index in [-0.39, 0.29) is 0 Å². The van der Waals surface area contributed by atoms with Crippen LogP contribution in [0.4, 0.5) is 0 Å². The number of rotatable bonds is 0. The van der Waals surface area contributed by atoms with E-state index in [1.165, 1.54) is 30.8 Å². The van der Waals surface area contributed by atoms with E-state index in [1.54, 1.807) is 11.3 Å². The molecule has 1 aromatic heterocycles. The lowest BCUT2D eigenvalue weighted by atomic mass is 10.0. The lowest BCUT2D eigenvalue weighted by Crippen LogP contribution is -2.44. The van der Waals surface area contributed by atoms with Gasteiger partial charge < -0.3 is 9.05 Å². The molecule has 1 aromatic rings. The van der Waals surface area contributed by atoms with Crippen LogP contribution in [0.15, 0.2) is 0 Å². The van der Waals surface area contributed by atoms with Gasteiger partial charge in [0.05, 0.1) is 26.3 Å². The van der Waals surface area contributed by atoms with E-state index in [0.717, 1.165) is 4.48 Å². The van der Waals surface area contributed by atoms with Crippen LogP contribution in [-0.4, -0.2) is 29.7 Å². The van der Waals surface area contributed by atoms with Crippen molar-refractivity contribution in [2.24, 2.45) is 7.05 Å². The zero-order valence-corrected chi connectivity index (χ0v) is 10.0. The molecule has 0 amide bonds. The number of aromatic nitrogens is 1. The summed E-state index contributed by atoms with van der Waals surface area (Å²) >= 11 is 0. The summed E-state index contributed by atoms with van der Waals surface area (Å²) in [5.41, 5.74) is 6.12. The van der Waals surface area contributed by atoms with Crippen molar-refractivity contribution in [2.75, 3.05) is 20.6 Å². The topological polar surface area (TPSA) is 4.93 Å². The first-order valence-corrected chi connectivity index (χ1v) is 5.38. The van der Waals surface area contributed by atoms with Gasteiger partial charge in [-0.1, -0.05) is 0 Å². The van der Waals surface area contributed by atoms with Gasteiger partial charge in [-0.05, 0) is 25.0 Å². The molecule has 14 heavy (non-hydrogen) atoms. The molecule has 0 bridgehead atoms. The highest BCUT2D eigenvalue weighted by Gasteiger charge is 2.28. The summed E-state index contributed by atoms with van der Waals surface area (Å²) in [5, 5.41) is 0. The molecule has 0 N–H and O–H groups in total. The van der Waals surface area contributed by atoms with Gasteiger partial charge in [-0.25, -0.2) is 0 Å². The standard InChI is InChI=1S/C12H21N2/c1-9-10(2)13(3)12-8-14(4,5)7-6-11(9)12/h6-8H2,1-5H3/q+1. The van der Waals surface area contributed by atoms with Crippen molar-refractivity contribution in [1.82, 2.24) is 4.57 Å². The fraction of sp³-hybridized carbons (Fsp3) is 0.667. The van der Waals surface area contributed by atoms with Gasteiger partial charge in [0.15, 0.2) is 0 Å². The van der Waals surface area contributed by atoms with Crippen molar-refractivity contribution in [2.45, 2.75) is 26.8 Å². The molecule has 2 nitrogen and oxygen atoms in total. The quantitative estimate of drug-likeness (QED) is 0.553. The maximum Gasteiger partial charge on any atom is 0.119 e. The van der Waals surface area contributed by atoms with E-state index >= 15 is 0 Å². The minimum atomic E-state index is 1.13. The molecule has 78 valence electrons. The predicted octanol–water partition coefficient (Wildman–Crippen LogP) is 1.77. The first-order valence-electron chi connectivity index (χ1n) is 5.38. The SMILES string of the molecule is Cc1c2c(n(C)c1C)C[N+](C)(C)CC2. The third-order valence-electron chi connectivity index (χ3n) is 3.80. The summed E-state index contributed by atoms with van der Waals surface area (Å²) < 4.78 is 3.51. The average Bonchev–Trinajstić information content (AvgIpc) is 2.30. The molecular formula is C12H21N2+. The third-order valence-corrected chi connectivity index (χ3v) is 3.80. The molecule has 0 saturated carbocycles. The largest absolute Gasteiger partial charge is 0.347 e. The van der Waals surface area contributed by atoms with Crippen molar-refractivity contribution < 1.29 is 4.48 Å². The molecule has 1 aliphatic rings. The highest BCUT2D eigenvalue weighted by molar-refractivity contribution is 5.37. The molecule has 0 spiro atoms. The normalized spacial score (nSPS) is 19.5. The van der Waals surface area contributed by atoms with Crippen LogP contribution >= 0.6 is 0 Å². The summed E-state index contributed by atoms with van der Waals surface area (Å²) in [5.74, 6) is 0. The van der Waals surface area contributed by atoms with Crippen LogP contribution in [0.3, 0.4) is 0 Å². The summed E-state index contributed by atoms with van der Waals surface area (Å²) in [7, 11) is 6.84. The zero-order chi connectivity index (χ0) is 10.5. The van der Waals surface area contributed by atoms with Crippen molar-refractivity contribution in [3.05, 3.63) is 22.5 Å². The van der Waals surface area contributed by atoms with Gasteiger partial charge in [0.2, 0.25) is 0 Å². The third kappa shape index (κ3) is 1.29. The van der Waals surface area contributed by atoms with Gasteiger partial charge in [0.1, 0.15) is 6.54 Å². The lowest BCUT2D eigenvalue weighted by molar-refractivity contribution is -0.905. The summed E-state index contributed by atoms with van der Waals surface area (Å²) in [6.45, 7) is 6.95. The van der Waals surface area contributed by atoms with E-state index in [0.29, 0.717) is 0 Å². The fourth-order valence-electron chi connectivity index (χ4n) is 2.52. The van der Waals surface area contributed by atoms with Gasteiger partial charge in [-0.15, -0.1) is 0 Å². The molecule has 0 unspecified atom stereocenters. The smallest absolute Gasteiger partial charge is 0.119 e. The Kier molecular flexibility index (Phi) is 2.00. The van der Waals surface area contributed by atoms with Crippen LogP contribution in [0.1, 0.15) is 22.5 Å². The second kappa shape index (κ2) is 2.86. The molecule has 0 radical (unpaired) electrons. The Balaban J connectivity index is 2.53. The highest BCUT2D eigenvalue weighted by atomic mass is 15.3. The maximum atomic E-state index is 2.38. The Morgan fingerprint density at radius 1 is 1.21 bits per heavy atom. The summed E-state index contributed by atoms with van der Waals surface area (Å²) in [6, 6.07) is 0. The first-order chi connectivity index (χ1) is 6.42. The van der Waals surface area contributed by atoms with Gasteiger partial charge in [-0.2, -0.15) is 0 Å². The maximum absolute atomic E-state index is 2.38. The highest BCUT2D eigenvalue weighted by Crippen LogP contribution is 2.28. The van der Waals surface area contributed by atoms with E-state index in [1.807, 2.05) is 0 Å². The van der Waals surface area contributed by atoms with E-state index in [4.69, 9.17) is 0 Å². The molecular weight excluding hydrogens is 172 g/mol. The Hall–Kier alpha value is -0.760. The predicted molar refractivity (Wildman–Crippen MR) is 59.3 cm³/mol. The number of quaternary nitrogens is 1. The van der Waals surface area contributed by atoms with Crippen LogP contribution in [0.2, 0.25) is 0 Å². The van der Waals surface area contributed by atoms with Crippen molar-refractivity contribution in [1.29, 1.82) is 0 Å². The second-order valence-electron chi connectivity index (χ2n) is 5.26. The van der Waals surface area contributed by atoms with Crippen LogP contribution in [0.5, 0.6) is 0 Å². The first kappa shape index (κ1) is 9.78. The van der Waals surface area contributed by atoms with Crippen LogP contribution in [0, 0.1) is 13.8 Å². The molecule has 1 aliphatic heterocycles. The van der Waals surface area contributed by atoms with Crippen LogP contribution < -0.4 is 0 Å². The fourth-order valence-corrected chi connectivity index (χ4v) is 2.52. The number of hydrogen-bond acceptors (Lipinski definition) is 0. The summed E-state index contributed by atoms with van der Waals surface area (Å²) in [6.07, 6.45) is 1.25. The van der Waals surface area contributed by atoms with E-state index in [9.17, 15) is 0 Å². The van der Waals surface area contributed by atoms with Gasteiger partial charge in [0, 0.05) is 19.2 Å². The summed E-state index contributed by atoms with van der Waals surface area (Å²) in [4.78, 5) is 0. The number of fused-ring (bicyclic) bond motifs is 1. The molecule has 0 saturated heterocycles. The van der Waals surface area contributed by atoms with Gasteiger partial charge in [-0.3, -0.25) is 0 Å². The number of likely N-dealkylation sites (N-methyl/N-ethyl adjacent to an activating group) is 1. The van der Waals surface area contributed by atoms with Crippen LogP contribution in [0.25, 0.3) is 0 Å². The van der Waals surface area contributed by atoms with E-state index < -0.39 is 0 Å². The second-order valence-corrected chi connectivity index (χ2v) is 5.26. The Bertz CT molecular complexity index is 372. The van der Waals surface area contributed by atoms with Gasteiger partial charge in [0.25, 0.3) is 0 Å². The Morgan fingerprint density at radius 3 is 2.50 bits per heavy atom. The van der Waals surface area contributed by atoms with Crippen molar-refractivity contribution >= 4 is 0 Å². The lowest BCUT2D eigenvalue weighted by Gasteiger charge is -2.34. The number of nitrogens with zero attached hydrogens (tertiary/aromatic N) is 2. The molecule has 2 heteroatoms. The Morgan fingerprint density at radius 2 is 1.86 bits per heavy atom. The van der Waals surface area contributed by atoms with Crippen molar-refractivity contribution in [3.63, 3.8) is 0 Å². The van der Waals surface area contributed by atoms with Crippen LogP contribution in [-0.2, 0) is 20.0 Å². The van der Waals surface area contributed by atoms with Gasteiger partial charge >= 0.3 is 0 Å². The molecule has 0 fully saturated rings. The monoisotopic (exact) mass is 193 g/mol. The van der Waals surface area contributed by atoms with Crippen molar-refractivity contribution in [3.8, 4) is 0 Å². The molecule has 0 aromatic carbocycles. The number of hydrogen-bond donors (Lipinski definition) is 0. The Labute approximate surface area is 86.7 Å².